The van der Waals surface area contributed by atoms with Crippen LogP contribution in [0.4, 0.5) is 10.5 Å². The van der Waals surface area contributed by atoms with Gasteiger partial charge in [0.05, 0.1) is 16.7 Å². The molecule has 3 aromatic rings. The third kappa shape index (κ3) is 3.08. The summed E-state index contributed by atoms with van der Waals surface area (Å²) < 4.78 is 2.39. The number of imidazole rings is 1. The summed E-state index contributed by atoms with van der Waals surface area (Å²) in [7, 11) is 0. The van der Waals surface area contributed by atoms with Crippen molar-refractivity contribution in [1.82, 2.24) is 14.9 Å². The fourth-order valence-corrected chi connectivity index (χ4v) is 4.91. The van der Waals surface area contributed by atoms with Crippen molar-refractivity contribution in [3.8, 4) is 0 Å². The highest BCUT2D eigenvalue weighted by Gasteiger charge is 2.31. The smallest absolute Gasteiger partial charge is 0.412 e. The molecule has 6 nitrogen and oxygen atoms in total. The standard InChI is InChI=1S/C23H26N4O2/c1-15-7-8-18-19(26(15)23(28)29)9-10-20-22(18)25-21(13-16-5-3-2-4-6-16)27(20)17-11-12-24-14-17/h2-6,9-10,15,17,24H,7-8,11-14H2,1H3,(H,28,29)/t15-,17-/m0/s1. The van der Waals surface area contributed by atoms with E-state index < -0.39 is 6.09 Å². The molecule has 2 N–H and O–H groups in total. The van der Waals surface area contributed by atoms with Crippen LogP contribution in [0.5, 0.6) is 0 Å². The first kappa shape index (κ1) is 18.2. The molecule has 5 rings (SSSR count). The second kappa shape index (κ2) is 7.19. The Morgan fingerprint density at radius 3 is 2.76 bits per heavy atom. The van der Waals surface area contributed by atoms with Gasteiger partial charge in [-0.15, -0.1) is 0 Å². The first-order valence-corrected chi connectivity index (χ1v) is 10.4. The van der Waals surface area contributed by atoms with Crippen LogP contribution < -0.4 is 10.2 Å². The van der Waals surface area contributed by atoms with Crippen molar-refractivity contribution in [2.45, 2.75) is 44.7 Å². The summed E-state index contributed by atoms with van der Waals surface area (Å²) in [5.74, 6) is 1.06. The highest BCUT2D eigenvalue weighted by atomic mass is 16.4. The Labute approximate surface area is 170 Å². The van der Waals surface area contributed by atoms with Crippen LogP contribution in [-0.2, 0) is 12.8 Å². The lowest BCUT2D eigenvalue weighted by Gasteiger charge is -2.33. The normalized spacial score (nSPS) is 21.5. The zero-order valence-electron chi connectivity index (χ0n) is 16.6. The number of hydrogen-bond acceptors (Lipinski definition) is 3. The minimum absolute atomic E-state index is 0.0117. The molecule has 2 aliphatic heterocycles. The number of aryl methyl sites for hydroxylation is 1. The van der Waals surface area contributed by atoms with E-state index in [-0.39, 0.29) is 6.04 Å². The van der Waals surface area contributed by atoms with Gasteiger partial charge in [0.1, 0.15) is 5.82 Å². The first-order chi connectivity index (χ1) is 14.1. The van der Waals surface area contributed by atoms with Crippen molar-refractivity contribution >= 4 is 22.8 Å². The quantitative estimate of drug-likeness (QED) is 0.710. The summed E-state index contributed by atoms with van der Waals surface area (Å²) in [4.78, 5) is 18.5. The summed E-state index contributed by atoms with van der Waals surface area (Å²) in [6.07, 6.45) is 2.66. The molecule has 0 bridgehead atoms. The molecule has 0 saturated carbocycles. The molecule has 29 heavy (non-hydrogen) atoms. The van der Waals surface area contributed by atoms with E-state index in [1.165, 1.54) is 10.5 Å². The molecule has 6 heteroatoms. The Balaban J connectivity index is 1.68. The fraction of sp³-hybridized carbons (Fsp3) is 0.391. The molecule has 0 spiro atoms. The molecule has 2 aliphatic rings. The number of amides is 1. The summed E-state index contributed by atoms with van der Waals surface area (Å²) >= 11 is 0. The van der Waals surface area contributed by atoms with Gasteiger partial charge in [-0.05, 0) is 50.4 Å². The predicted molar refractivity (Wildman–Crippen MR) is 114 cm³/mol. The van der Waals surface area contributed by atoms with Crippen molar-refractivity contribution in [3.05, 3.63) is 59.4 Å². The summed E-state index contributed by atoms with van der Waals surface area (Å²) in [6, 6.07) is 14.9. The zero-order chi connectivity index (χ0) is 20.0. The Morgan fingerprint density at radius 1 is 1.21 bits per heavy atom. The van der Waals surface area contributed by atoms with Crippen LogP contribution in [-0.4, -0.2) is 39.9 Å². The molecular weight excluding hydrogens is 364 g/mol. The number of fused-ring (bicyclic) bond motifs is 3. The third-order valence-electron chi connectivity index (χ3n) is 6.34. The van der Waals surface area contributed by atoms with Crippen LogP contribution in [0.2, 0.25) is 0 Å². The lowest BCUT2D eigenvalue weighted by molar-refractivity contribution is 0.198. The predicted octanol–water partition coefficient (Wildman–Crippen LogP) is 3.98. The van der Waals surface area contributed by atoms with Gasteiger partial charge in [0.25, 0.3) is 0 Å². The summed E-state index contributed by atoms with van der Waals surface area (Å²) in [6.45, 7) is 3.94. The molecule has 1 amide bonds. The molecule has 0 radical (unpaired) electrons. The highest BCUT2D eigenvalue weighted by Crippen LogP contribution is 2.37. The summed E-state index contributed by atoms with van der Waals surface area (Å²) in [5, 5.41) is 13.2. The molecule has 0 aliphatic carbocycles. The Hall–Kier alpha value is -2.86. The number of anilines is 1. The molecule has 1 fully saturated rings. The number of benzene rings is 2. The van der Waals surface area contributed by atoms with Gasteiger partial charge in [-0.3, -0.25) is 4.90 Å². The maximum absolute atomic E-state index is 11.9. The molecule has 1 aromatic heterocycles. The molecule has 3 heterocycles. The van der Waals surface area contributed by atoms with Gasteiger partial charge in [-0.25, -0.2) is 9.78 Å². The number of hydrogen-bond donors (Lipinski definition) is 2. The number of rotatable bonds is 3. The number of carbonyl (C=O) groups is 1. The molecule has 1 saturated heterocycles. The van der Waals surface area contributed by atoms with Crippen LogP contribution in [0, 0.1) is 0 Å². The van der Waals surface area contributed by atoms with Gasteiger partial charge in [0.15, 0.2) is 0 Å². The van der Waals surface area contributed by atoms with Gasteiger partial charge in [-0.2, -0.15) is 0 Å². The van der Waals surface area contributed by atoms with Crippen molar-refractivity contribution in [2.24, 2.45) is 0 Å². The van der Waals surface area contributed by atoms with E-state index in [1.54, 1.807) is 0 Å². The van der Waals surface area contributed by atoms with Gasteiger partial charge < -0.3 is 15.0 Å². The molecular formula is C23H26N4O2. The van der Waals surface area contributed by atoms with Crippen LogP contribution in [0.1, 0.15) is 42.8 Å². The maximum Gasteiger partial charge on any atom is 0.412 e. The molecule has 150 valence electrons. The van der Waals surface area contributed by atoms with Crippen molar-refractivity contribution in [1.29, 1.82) is 0 Å². The van der Waals surface area contributed by atoms with E-state index in [1.807, 2.05) is 19.1 Å². The second-order valence-corrected chi connectivity index (χ2v) is 8.18. The largest absolute Gasteiger partial charge is 0.465 e. The fourth-order valence-electron chi connectivity index (χ4n) is 4.91. The van der Waals surface area contributed by atoms with E-state index in [2.05, 4.69) is 40.2 Å². The van der Waals surface area contributed by atoms with Gasteiger partial charge in [0, 0.05) is 30.6 Å². The second-order valence-electron chi connectivity index (χ2n) is 8.18. The van der Waals surface area contributed by atoms with Gasteiger partial charge in [-0.1, -0.05) is 30.3 Å². The monoisotopic (exact) mass is 390 g/mol. The minimum Gasteiger partial charge on any atom is -0.465 e. The molecule has 0 unspecified atom stereocenters. The number of nitrogens with zero attached hydrogens (tertiary/aromatic N) is 3. The third-order valence-corrected chi connectivity index (χ3v) is 6.34. The van der Waals surface area contributed by atoms with Crippen LogP contribution in [0.25, 0.3) is 11.0 Å². The molecule has 2 atom stereocenters. The Kier molecular flexibility index (Phi) is 4.51. The van der Waals surface area contributed by atoms with Gasteiger partial charge >= 0.3 is 6.09 Å². The Bertz CT molecular complexity index is 1050. The Morgan fingerprint density at radius 2 is 2.03 bits per heavy atom. The van der Waals surface area contributed by atoms with Gasteiger partial charge in [0.2, 0.25) is 0 Å². The highest BCUT2D eigenvalue weighted by molar-refractivity contribution is 5.94. The van der Waals surface area contributed by atoms with E-state index in [0.717, 1.165) is 66.9 Å². The number of carboxylic acid groups (broad SMARTS) is 1. The van der Waals surface area contributed by atoms with Crippen molar-refractivity contribution < 1.29 is 9.90 Å². The average molecular weight is 390 g/mol. The van der Waals surface area contributed by atoms with Crippen LogP contribution in [0.15, 0.2) is 42.5 Å². The van der Waals surface area contributed by atoms with Crippen molar-refractivity contribution in [2.75, 3.05) is 18.0 Å². The van der Waals surface area contributed by atoms with Crippen LogP contribution in [0.3, 0.4) is 0 Å². The van der Waals surface area contributed by atoms with Crippen LogP contribution >= 0.6 is 0 Å². The lowest BCUT2D eigenvalue weighted by atomic mass is 9.95. The lowest BCUT2D eigenvalue weighted by Crippen LogP contribution is -2.41. The minimum atomic E-state index is -0.887. The molecule has 2 aromatic carbocycles. The average Bonchev–Trinajstić information content (AvgIpc) is 3.35. The summed E-state index contributed by atoms with van der Waals surface area (Å²) in [5.41, 5.74) is 5.21. The number of aromatic nitrogens is 2. The van der Waals surface area contributed by atoms with E-state index in [0.29, 0.717) is 6.04 Å². The number of nitrogens with one attached hydrogen (secondary N) is 1. The van der Waals surface area contributed by atoms with E-state index in [9.17, 15) is 9.90 Å². The first-order valence-electron chi connectivity index (χ1n) is 10.4. The van der Waals surface area contributed by atoms with E-state index in [4.69, 9.17) is 4.98 Å². The van der Waals surface area contributed by atoms with E-state index >= 15 is 0 Å². The topological polar surface area (TPSA) is 70.4 Å². The SMILES string of the molecule is C[C@H]1CCc2c(ccc3c2nc(Cc2ccccc2)n3[C@H]2CCNC2)N1C(=O)O. The zero-order valence-corrected chi connectivity index (χ0v) is 16.6. The van der Waals surface area contributed by atoms with Crippen molar-refractivity contribution in [3.63, 3.8) is 0 Å². The maximum atomic E-state index is 11.9.